The van der Waals surface area contributed by atoms with E-state index in [1.807, 2.05) is 36.9 Å². The van der Waals surface area contributed by atoms with Crippen LogP contribution in [0.1, 0.15) is 30.0 Å². The van der Waals surface area contributed by atoms with Crippen molar-refractivity contribution in [3.05, 3.63) is 64.1 Å². The Morgan fingerprint density at radius 3 is 2.70 bits per heavy atom. The standard InChI is InChI=1S/C20H20O2S/c1-2-22-18-7-5-17-14-20(10-6-16(17)13-18)23-19-8-3-15(4-9-19)11-12-21/h3-5,7-9,12-14H,2,6,10-11H2,1H3. The van der Waals surface area contributed by atoms with Crippen molar-refractivity contribution in [3.8, 4) is 5.75 Å². The quantitative estimate of drug-likeness (QED) is 0.707. The van der Waals surface area contributed by atoms with Crippen LogP contribution in [0.3, 0.4) is 0 Å². The third-order valence-electron chi connectivity index (χ3n) is 3.87. The van der Waals surface area contributed by atoms with Gasteiger partial charge in [-0.2, -0.15) is 0 Å². The zero-order valence-corrected chi connectivity index (χ0v) is 14.1. The monoisotopic (exact) mass is 324 g/mol. The van der Waals surface area contributed by atoms with E-state index in [9.17, 15) is 4.79 Å². The highest BCUT2D eigenvalue weighted by Crippen LogP contribution is 2.36. The van der Waals surface area contributed by atoms with Gasteiger partial charge in [-0.05, 0) is 71.7 Å². The van der Waals surface area contributed by atoms with Crippen LogP contribution in [0.4, 0.5) is 0 Å². The summed E-state index contributed by atoms with van der Waals surface area (Å²) in [5.41, 5.74) is 3.72. The van der Waals surface area contributed by atoms with Gasteiger partial charge in [-0.15, -0.1) is 0 Å². The zero-order chi connectivity index (χ0) is 16.1. The summed E-state index contributed by atoms with van der Waals surface area (Å²) in [4.78, 5) is 13.1. The van der Waals surface area contributed by atoms with Crippen LogP contribution in [0.15, 0.2) is 52.3 Å². The van der Waals surface area contributed by atoms with Gasteiger partial charge in [-0.25, -0.2) is 0 Å². The van der Waals surface area contributed by atoms with Crippen LogP contribution in [0, 0.1) is 0 Å². The summed E-state index contributed by atoms with van der Waals surface area (Å²) in [6.07, 6.45) is 5.82. The molecule has 0 radical (unpaired) electrons. The second-order valence-electron chi connectivity index (χ2n) is 5.52. The molecule has 118 valence electrons. The number of hydrogen-bond donors (Lipinski definition) is 0. The van der Waals surface area contributed by atoms with E-state index in [0.29, 0.717) is 13.0 Å². The van der Waals surface area contributed by atoms with Crippen molar-refractivity contribution >= 4 is 24.1 Å². The molecule has 0 amide bonds. The number of hydrogen-bond acceptors (Lipinski definition) is 3. The summed E-state index contributed by atoms with van der Waals surface area (Å²) in [5.74, 6) is 0.960. The topological polar surface area (TPSA) is 26.3 Å². The summed E-state index contributed by atoms with van der Waals surface area (Å²) in [6.45, 7) is 2.71. The van der Waals surface area contributed by atoms with Crippen LogP contribution in [-0.2, 0) is 17.6 Å². The minimum Gasteiger partial charge on any atom is -0.494 e. The fraction of sp³-hybridized carbons (Fsp3) is 0.250. The number of aldehydes is 1. The molecule has 0 saturated heterocycles. The highest BCUT2D eigenvalue weighted by Gasteiger charge is 2.12. The maximum atomic E-state index is 10.5. The molecule has 2 nitrogen and oxygen atoms in total. The number of ether oxygens (including phenoxy) is 1. The molecule has 0 spiro atoms. The van der Waals surface area contributed by atoms with Gasteiger partial charge in [0.2, 0.25) is 0 Å². The molecule has 0 aliphatic heterocycles. The number of aryl methyl sites for hydroxylation is 1. The smallest absolute Gasteiger partial charge is 0.124 e. The summed E-state index contributed by atoms with van der Waals surface area (Å²) in [6, 6.07) is 14.6. The Morgan fingerprint density at radius 2 is 1.96 bits per heavy atom. The maximum absolute atomic E-state index is 10.5. The SMILES string of the molecule is CCOc1ccc2c(c1)CCC(Sc1ccc(CC=O)cc1)=C2. The van der Waals surface area contributed by atoms with Gasteiger partial charge in [0.25, 0.3) is 0 Å². The maximum Gasteiger partial charge on any atom is 0.124 e. The van der Waals surface area contributed by atoms with Crippen molar-refractivity contribution in [3.63, 3.8) is 0 Å². The van der Waals surface area contributed by atoms with E-state index in [1.54, 1.807) is 0 Å². The van der Waals surface area contributed by atoms with Gasteiger partial charge in [-0.1, -0.05) is 30.0 Å². The lowest BCUT2D eigenvalue weighted by Crippen LogP contribution is -1.99. The summed E-state index contributed by atoms with van der Waals surface area (Å²) in [7, 11) is 0. The van der Waals surface area contributed by atoms with Gasteiger partial charge in [0.05, 0.1) is 6.61 Å². The molecule has 3 heteroatoms. The summed E-state index contributed by atoms with van der Waals surface area (Å²) in [5, 5.41) is 0. The second kappa shape index (κ2) is 7.51. The van der Waals surface area contributed by atoms with Gasteiger partial charge < -0.3 is 9.53 Å². The Kier molecular flexibility index (Phi) is 5.19. The van der Waals surface area contributed by atoms with E-state index in [4.69, 9.17) is 4.74 Å². The molecule has 3 rings (SSSR count). The first-order chi connectivity index (χ1) is 11.3. The molecule has 2 aromatic rings. The van der Waals surface area contributed by atoms with Crippen LogP contribution >= 0.6 is 11.8 Å². The molecular weight excluding hydrogens is 304 g/mol. The van der Waals surface area contributed by atoms with Crippen LogP contribution in [-0.4, -0.2) is 12.9 Å². The first kappa shape index (κ1) is 15.9. The number of benzene rings is 2. The predicted octanol–water partition coefficient (Wildman–Crippen LogP) is 4.91. The molecule has 0 N–H and O–H groups in total. The highest BCUT2D eigenvalue weighted by atomic mass is 32.2. The van der Waals surface area contributed by atoms with Gasteiger partial charge in [-0.3, -0.25) is 0 Å². The lowest BCUT2D eigenvalue weighted by molar-refractivity contribution is -0.107. The largest absolute Gasteiger partial charge is 0.494 e. The van der Waals surface area contributed by atoms with E-state index in [2.05, 4.69) is 30.3 Å². The van der Waals surface area contributed by atoms with Crippen molar-refractivity contribution in [2.24, 2.45) is 0 Å². The molecule has 23 heavy (non-hydrogen) atoms. The van der Waals surface area contributed by atoms with Crippen molar-refractivity contribution < 1.29 is 9.53 Å². The molecule has 0 aromatic heterocycles. The molecule has 1 aliphatic carbocycles. The number of rotatable bonds is 6. The number of carbonyl (C=O) groups is 1. The van der Waals surface area contributed by atoms with Crippen molar-refractivity contribution in [2.45, 2.75) is 31.1 Å². The van der Waals surface area contributed by atoms with E-state index >= 15 is 0 Å². The van der Waals surface area contributed by atoms with Gasteiger partial charge >= 0.3 is 0 Å². The van der Waals surface area contributed by atoms with E-state index in [1.165, 1.54) is 20.9 Å². The van der Waals surface area contributed by atoms with Gasteiger partial charge in [0, 0.05) is 11.3 Å². The first-order valence-electron chi connectivity index (χ1n) is 7.95. The number of carbonyl (C=O) groups excluding carboxylic acids is 1. The lowest BCUT2D eigenvalue weighted by Gasteiger charge is -2.17. The molecule has 0 fully saturated rings. The second-order valence-corrected chi connectivity index (χ2v) is 6.72. The Balaban J connectivity index is 1.73. The Hall–Kier alpha value is -2.00. The van der Waals surface area contributed by atoms with Gasteiger partial charge in [0.1, 0.15) is 12.0 Å². The molecule has 0 unspecified atom stereocenters. The van der Waals surface area contributed by atoms with Crippen molar-refractivity contribution in [1.82, 2.24) is 0 Å². The third-order valence-corrected chi connectivity index (χ3v) is 4.97. The van der Waals surface area contributed by atoms with Crippen LogP contribution in [0.2, 0.25) is 0 Å². The van der Waals surface area contributed by atoms with Crippen LogP contribution in [0.5, 0.6) is 5.75 Å². The molecule has 2 aromatic carbocycles. The summed E-state index contributed by atoms with van der Waals surface area (Å²) < 4.78 is 5.57. The van der Waals surface area contributed by atoms with E-state index in [0.717, 1.165) is 30.4 Å². The summed E-state index contributed by atoms with van der Waals surface area (Å²) >= 11 is 1.81. The Bertz CT molecular complexity index is 717. The van der Waals surface area contributed by atoms with E-state index < -0.39 is 0 Å². The molecule has 0 bridgehead atoms. The fourth-order valence-electron chi connectivity index (χ4n) is 2.72. The third kappa shape index (κ3) is 4.05. The predicted molar refractivity (Wildman–Crippen MR) is 96.0 cm³/mol. The van der Waals surface area contributed by atoms with Gasteiger partial charge in [0.15, 0.2) is 0 Å². The average molecular weight is 324 g/mol. The number of allylic oxidation sites excluding steroid dienone is 1. The van der Waals surface area contributed by atoms with Crippen LogP contribution in [0.25, 0.3) is 6.08 Å². The fourth-order valence-corrected chi connectivity index (χ4v) is 3.69. The minimum absolute atomic E-state index is 0.489. The molecule has 1 aliphatic rings. The van der Waals surface area contributed by atoms with Crippen molar-refractivity contribution in [2.75, 3.05) is 6.61 Å². The molecular formula is C20H20O2S. The number of fused-ring (bicyclic) bond motifs is 1. The Morgan fingerprint density at radius 1 is 1.13 bits per heavy atom. The number of thioether (sulfide) groups is 1. The highest BCUT2D eigenvalue weighted by molar-refractivity contribution is 8.03. The Labute approximate surface area is 141 Å². The van der Waals surface area contributed by atoms with Crippen LogP contribution < -0.4 is 4.74 Å². The lowest BCUT2D eigenvalue weighted by atomic mass is 9.97. The molecule has 0 atom stereocenters. The first-order valence-corrected chi connectivity index (χ1v) is 8.77. The molecule has 0 heterocycles. The molecule has 0 saturated carbocycles. The van der Waals surface area contributed by atoms with E-state index in [-0.39, 0.29) is 0 Å². The van der Waals surface area contributed by atoms with Crippen molar-refractivity contribution in [1.29, 1.82) is 0 Å². The zero-order valence-electron chi connectivity index (χ0n) is 13.2. The normalized spacial score (nSPS) is 13.2. The average Bonchev–Trinajstić information content (AvgIpc) is 2.57. The minimum atomic E-state index is 0.489.